The molecule has 118 valence electrons. The highest BCUT2D eigenvalue weighted by molar-refractivity contribution is 7.12. The molecule has 21 heavy (non-hydrogen) atoms. The van der Waals surface area contributed by atoms with Gasteiger partial charge in [0.15, 0.2) is 0 Å². The summed E-state index contributed by atoms with van der Waals surface area (Å²) < 4.78 is 65.2. The number of carboxylic acids is 1. The molecular formula is C13H13F5O2S. The van der Waals surface area contributed by atoms with Gasteiger partial charge in [0, 0.05) is 23.6 Å². The monoisotopic (exact) mass is 328 g/mol. The van der Waals surface area contributed by atoms with E-state index in [1.807, 2.05) is 0 Å². The van der Waals surface area contributed by atoms with Gasteiger partial charge in [-0.2, -0.15) is 13.2 Å². The van der Waals surface area contributed by atoms with Crippen LogP contribution >= 0.6 is 11.3 Å². The second kappa shape index (κ2) is 5.23. The van der Waals surface area contributed by atoms with Crippen LogP contribution in [-0.2, 0) is 11.0 Å². The van der Waals surface area contributed by atoms with E-state index < -0.39 is 47.6 Å². The molecule has 2 atom stereocenters. The van der Waals surface area contributed by atoms with Crippen molar-refractivity contribution in [1.29, 1.82) is 0 Å². The molecule has 1 saturated carbocycles. The lowest BCUT2D eigenvalue weighted by molar-refractivity contribution is -0.147. The third kappa shape index (κ3) is 3.36. The lowest BCUT2D eigenvalue weighted by atomic mass is 9.74. The van der Waals surface area contributed by atoms with E-state index >= 15 is 0 Å². The van der Waals surface area contributed by atoms with Gasteiger partial charge in [0.2, 0.25) is 5.92 Å². The van der Waals surface area contributed by atoms with E-state index in [0.717, 1.165) is 6.07 Å². The molecule has 0 bridgehead atoms. The summed E-state index contributed by atoms with van der Waals surface area (Å²) in [6, 6.07) is 0.821. The molecule has 2 rings (SSSR count). The molecule has 1 aromatic rings. The Morgan fingerprint density at radius 1 is 1.43 bits per heavy atom. The Morgan fingerprint density at radius 3 is 2.52 bits per heavy atom. The first kappa shape index (κ1) is 16.2. The molecular weight excluding hydrogens is 315 g/mol. The molecule has 0 aliphatic heterocycles. The van der Waals surface area contributed by atoms with Crippen LogP contribution in [0.15, 0.2) is 6.07 Å². The quantitative estimate of drug-likeness (QED) is 0.801. The predicted molar refractivity (Wildman–Crippen MR) is 66.7 cm³/mol. The van der Waals surface area contributed by atoms with Crippen LogP contribution in [0.3, 0.4) is 0 Å². The second-order valence-electron chi connectivity index (χ2n) is 5.27. The summed E-state index contributed by atoms with van der Waals surface area (Å²) in [6.07, 6.45) is -6.05. The summed E-state index contributed by atoms with van der Waals surface area (Å²) in [5.41, 5.74) is 0.0825. The largest absolute Gasteiger partial charge is 0.481 e. The number of aliphatic carboxylic acids is 1. The number of alkyl halides is 5. The van der Waals surface area contributed by atoms with Gasteiger partial charge < -0.3 is 5.11 Å². The fraction of sp³-hybridized carbons (Fsp3) is 0.615. The number of carboxylic acid groups (broad SMARTS) is 1. The van der Waals surface area contributed by atoms with Crippen LogP contribution in [0.2, 0.25) is 0 Å². The summed E-state index contributed by atoms with van der Waals surface area (Å²) in [5.74, 6) is -6.43. The van der Waals surface area contributed by atoms with E-state index in [0.29, 0.717) is 11.3 Å². The van der Waals surface area contributed by atoms with E-state index in [1.165, 1.54) is 6.92 Å². The molecule has 0 amide bonds. The van der Waals surface area contributed by atoms with Crippen LogP contribution in [0, 0.1) is 12.8 Å². The maximum atomic E-state index is 13.5. The first-order valence-electron chi connectivity index (χ1n) is 6.29. The highest BCUT2D eigenvalue weighted by Gasteiger charge is 2.46. The first-order valence-corrected chi connectivity index (χ1v) is 7.11. The number of aryl methyl sites for hydroxylation is 1. The Bertz CT molecular complexity index is 549. The Kier molecular flexibility index (Phi) is 4.03. The van der Waals surface area contributed by atoms with E-state index in [9.17, 15) is 26.7 Å². The van der Waals surface area contributed by atoms with Crippen LogP contribution in [0.25, 0.3) is 0 Å². The molecule has 2 unspecified atom stereocenters. The third-order valence-electron chi connectivity index (χ3n) is 3.78. The fourth-order valence-corrected chi connectivity index (χ4v) is 3.72. The number of hydrogen-bond acceptors (Lipinski definition) is 2. The summed E-state index contributed by atoms with van der Waals surface area (Å²) in [6.45, 7) is 1.40. The molecule has 1 aliphatic carbocycles. The number of halogens is 5. The minimum atomic E-state index is -4.55. The van der Waals surface area contributed by atoms with Gasteiger partial charge in [-0.1, -0.05) is 0 Å². The Hall–Kier alpha value is -1.18. The van der Waals surface area contributed by atoms with Crippen molar-refractivity contribution in [2.24, 2.45) is 5.92 Å². The van der Waals surface area contributed by atoms with Crippen molar-refractivity contribution in [2.75, 3.05) is 0 Å². The minimum absolute atomic E-state index is 0.0825. The molecule has 0 saturated heterocycles. The zero-order valence-corrected chi connectivity index (χ0v) is 11.8. The highest BCUT2D eigenvalue weighted by atomic mass is 32.1. The van der Waals surface area contributed by atoms with Crippen molar-refractivity contribution in [3.63, 3.8) is 0 Å². The molecule has 1 fully saturated rings. The van der Waals surface area contributed by atoms with Gasteiger partial charge in [-0.25, -0.2) is 8.78 Å². The minimum Gasteiger partial charge on any atom is -0.481 e. The van der Waals surface area contributed by atoms with E-state index in [1.54, 1.807) is 0 Å². The van der Waals surface area contributed by atoms with E-state index in [2.05, 4.69) is 0 Å². The van der Waals surface area contributed by atoms with Crippen molar-refractivity contribution in [2.45, 2.75) is 44.2 Å². The SMILES string of the molecule is Cc1sc(C(F)(F)F)cc1C1CC(F)(F)CCC1C(=O)O. The van der Waals surface area contributed by atoms with Crippen LogP contribution in [0.4, 0.5) is 22.0 Å². The number of thiophene rings is 1. The Morgan fingerprint density at radius 2 is 2.05 bits per heavy atom. The maximum absolute atomic E-state index is 13.5. The van der Waals surface area contributed by atoms with Gasteiger partial charge >= 0.3 is 12.1 Å². The zero-order valence-electron chi connectivity index (χ0n) is 11.0. The molecule has 0 radical (unpaired) electrons. The van der Waals surface area contributed by atoms with Crippen LogP contribution in [0.1, 0.15) is 40.5 Å². The van der Waals surface area contributed by atoms with Crippen LogP contribution < -0.4 is 0 Å². The van der Waals surface area contributed by atoms with Crippen molar-refractivity contribution in [1.82, 2.24) is 0 Å². The number of rotatable bonds is 2. The molecule has 1 aliphatic rings. The number of hydrogen-bond donors (Lipinski definition) is 1. The van der Waals surface area contributed by atoms with Gasteiger partial charge in [0.05, 0.1) is 5.92 Å². The average molecular weight is 328 g/mol. The van der Waals surface area contributed by atoms with Gasteiger partial charge in [-0.05, 0) is 25.0 Å². The third-order valence-corrected chi connectivity index (χ3v) is 4.89. The number of carbonyl (C=O) groups is 1. The van der Waals surface area contributed by atoms with Crippen molar-refractivity contribution in [3.05, 3.63) is 21.4 Å². The molecule has 1 N–H and O–H groups in total. The van der Waals surface area contributed by atoms with Crippen LogP contribution in [0.5, 0.6) is 0 Å². The summed E-state index contributed by atoms with van der Waals surface area (Å²) in [7, 11) is 0. The summed E-state index contributed by atoms with van der Waals surface area (Å²) in [5, 5.41) is 9.13. The molecule has 0 aromatic carbocycles. The molecule has 1 heterocycles. The zero-order chi connectivity index (χ0) is 16.0. The van der Waals surface area contributed by atoms with Gasteiger partial charge in [0.1, 0.15) is 4.88 Å². The van der Waals surface area contributed by atoms with Crippen molar-refractivity contribution < 1.29 is 31.9 Å². The molecule has 8 heteroatoms. The highest BCUT2D eigenvalue weighted by Crippen LogP contribution is 2.48. The van der Waals surface area contributed by atoms with Gasteiger partial charge in [-0.3, -0.25) is 4.79 Å². The van der Waals surface area contributed by atoms with E-state index in [-0.39, 0.29) is 16.9 Å². The molecule has 0 spiro atoms. The molecule has 2 nitrogen and oxygen atoms in total. The molecule has 1 aromatic heterocycles. The van der Waals surface area contributed by atoms with Crippen LogP contribution in [-0.4, -0.2) is 17.0 Å². The normalized spacial score (nSPS) is 25.8. The Balaban J connectivity index is 2.41. The smallest absolute Gasteiger partial charge is 0.425 e. The predicted octanol–water partition coefficient (Wildman–Crippen LogP) is 4.68. The average Bonchev–Trinajstić information content (AvgIpc) is 2.69. The standard InChI is InChI=1S/C13H13F5O2S/c1-6-8(4-10(21-6)13(16,17)18)9-5-12(14,15)3-2-7(9)11(19)20/h4,7,9H,2-3,5H2,1H3,(H,19,20). The maximum Gasteiger partial charge on any atom is 0.425 e. The summed E-state index contributed by atoms with van der Waals surface area (Å²) in [4.78, 5) is 10.6. The second-order valence-corrected chi connectivity index (χ2v) is 6.53. The lowest BCUT2D eigenvalue weighted by Crippen LogP contribution is -2.35. The first-order chi connectivity index (χ1) is 9.51. The Labute approximate surface area is 121 Å². The topological polar surface area (TPSA) is 37.3 Å². The lowest BCUT2D eigenvalue weighted by Gasteiger charge is -2.34. The van der Waals surface area contributed by atoms with Gasteiger partial charge in [0.25, 0.3) is 0 Å². The van der Waals surface area contributed by atoms with Crippen molar-refractivity contribution in [3.8, 4) is 0 Å². The van der Waals surface area contributed by atoms with E-state index in [4.69, 9.17) is 5.11 Å². The van der Waals surface area contributed by atoms with Gasteiger partial charge in [-0.15, -0.1) is 11.3 Å². The summed E-state index contributed by atoms with van der Waals surface area (Å²) >= 11 is 0.466. The fourth-order valence-electron chi connectivity index (χ4n) is 2.76. The van der Waals surface area contributed by atoms with Crippen molar-refractivity contribution >= 4 is 17.3 Å².